The van der Waals surface area contributed by atoms with Crippen LogP contribution in [0.4, 0.5) is 16.2 Å². The van der Waals surface area contributed by atoms with Crippen LogP contribution in [0.2, 0.25) is 0 Å². The average Bonchev–Trinajstić information content (AvgIpc) is 3.20. The van der Waals surface area contributed by atoms with Gasteiger partial charge in [-0.25, -0.2) is 9.69 Å². The number of carbonyl (C=O) groups excluding carboxylic acids is 3. The standard InChI is InChI=1S/C31H26N4O5S/c1-18-5-14-28(19(2)15-18)34-30(37)27(29(36)32-31(34)38)17-22-16-20(3)33(21(22)4)23-6-10-25(11-7-23)41-26-12-8-24(9-13-26)35(39)40/h5-17H,1-4H3,(H,32,36,38)/b27-17-. The molecule has 3 aromatic carbocycles. The van der Waals surface area contributed by atoms with Gasteiger partial charge in [0.25, 0.3) is 17.5 Å². The number of nitrogens with zero attached hydrogens (tertiary/aromatic N) is 3. The highest BCUT2D eigenvalue weighted by Crippen LogP contribution is 2.31. The summed E-state index contributed by atoms with van der Waals surface area (Å²) in [7, 11) is 0. The number of nitrogens with one attached hydrogen (secondary N) is 1. The molecule has 1 aliphatic heterocycles. The van der Waals surface area contributed by atoms with Crippen LogP contribution in [0.25, 0.3) is 11.8 Å². The Morgan fingerprint density at radius 1 is 0.854 bits per heavy atom. The molecule has 0 spiro atoms. The normalized spacial score (nSPS) is 14.5. The summed E-state index contributed by atoms with van der Waals surface area (Å²) in [4.78, 5) is 52.2. The topological polar surface area (TPSA) is 115 Å². The molecule has 0 radical (unpaired) electrons. The third-order valence-electron chi connectivity index (χ3n) is 6.84. The van der Waals surface area contributed by atoms with E-state index in [-0.39, 0.29) is 11.3 Å². The predicted octanol–water partition coefficient (Wildman–Crippen LogP) is 6.44. The summed E-state index contributed by atoms with van der Waals surface area (Å²) in [5.41, 5.74) is 5.38. The molecule has 41 heavy (non-hydrogen) atoms. The minimum atomic E-state index is -0.777. The SMILES string of the molecule is Cc1ccc(N2C(=O)NC(=O)/C(=C/c3cc(C)n(-c4ccc(Sc5ccc([N+](=O)[O-])cc5)cc4)c3C)C2=O)c(C)c1. The molecule has 4 aromatic rings. The Hall–Kier alpha value is -4.96. The minimum Gasteiger partial charge on any atom is -0.318 e. The number of aromatic nitrogens is 1. The molecular formula is C31H26N4O5S. The number of benzene rings is 3. The molecule has 9 nitrogen and oxygen atoms in total. The van der Waals surface area contributed by atoms with Crippen molar-refractivity contribution < 1.29 is 19.3 Å². The van der Waals surface area contributed by atoms with Gasteiger partial charge < -0.3 is 4.57 Å². The van der Waals surface area contributed by atoms with E-state index in [0.29, 0.717) is 11.3 Å². The van der Waals surface area contributed by atoms with Crippen LogP contribution in [0, 0.1) is 37.8 Å². The van der Waals surface area contributed by atoms with E-state index in [4.69, 9.17) is 0 Å². The van der Waals surface area contributed by atoms with Crippen LogP contribution in [-0.2, 0) is 9.59 Å². The molecule has 2 heterocycles. The third kappa shape index (κ3) is 5.42. The molecular weight excluding hydrogens is 540 g/mol. The van der Waals surface area contributed by atoms with Crippen LogP contribution in [0.5, 0.6) is 0 Å². The van der Waals surface area contributed by atoms with Gasteiger partial charge in [0.05, 0.1) is 10.6 Å². The van der Waals surface area contributed by atoms with Crippen molar-refractivity contribution in [3.63, 3.8) is 0 Å². The fourth-order valence-electron chi connectivity index (χ4n) is 4.85. The van der Waals surface area contributed by atoms with Crippen molar-refractivity contribution in [2.24, 2.45) is 0 Å². The van der Waals surface area contributed by atoms with Gasteiger partial charge in [0.1, 0.15) is 5.57 Å². The molecule has 206 valence electrons. The number of amides is 4. The first-order valence-corrected chi connectivity index (χ1v) is 13.6. The lowest BCUT2D eigenvalue weighted by atomic mass is 10.0. The van der Waals surface area contributed by atoms with Crippen molar-refractivity contribution in [3.05, 3.63) is 117 Å². The highest BCUT2D eigenvalue weighted by atomic mass is 32.2. The number of rotatable bonds is 6. The molecule has 1 fully saturated rings. The Morgan fingerprint density at radius 2 is 1.49 bits per heavy atom. The van der Waals surface area contributed by atoms with E-state index in [1.165, 1.54) is 30.0 Å². The van der Waals surface area contributed by atoms with Gasteiger partial charge in [-0.1, -0.05) is 29.5 Å². The monoisotopic (exact) mass is 566 g/mol. The van der Waals surface area contributed by atoms with Gasteiger partial charge in [-0.2, -0.15) is 0 Å². The molecule has 1 N–H and O–H groups in total. The number of nitro groups is 1. The fraction of sp³-hybridized carbons (Fsp3) is 0.129. The van der Waals surface area contributed by atoms with Crippen LogP contribution in [0.1, 0.15) is 28.1 Å². The lowest BCUT2D eigenvalue weighted by Gasteiger charge is -2.27. The van der Waals surface area contributed by atoms with Gasteiger partial charge in [0.15, 0.2) is 0 Å². The highest BCUT2D eigenvalue weighted by Gasteiger charge is 2.37. The Kier molecular flexibility index (Phi) is 7.34. The lowest BCUT2D eigenvalue weighted by molar-refractivity contribution is -0.384. The van der Waals surface area contributed by atoms with Crippen molar-refractivity contribution in [1.82, 2.24) is 9.88 Å². The Bertz CT molecular complexity index is 1750. The maximum Gasteiger partial charge on any atom is 0.335 e. The molecule has 1 aromatic heterocycles. The number of urea groups is 1. The number of imide groups is 2. The number of aryl methyl sites for hydroxylation is 3. The fourth-order valence-corrected chi connectivity index (χ4v) is 5.67. The average molecular weight is 567 g/mol. The molecule has 1 aliphatic rings. The van der Waals surface area contributed by atoms with Crippen LogP contribution in [0.15, 0.2) is 88.2 Å². The molecule has 5 rings (SSSR count). The van der Waals surface area contributed by atoms with Crippen molar-refractivity contribution in [1.29, 1.82) is 0 Å². The molecule has 0 atom stereocenters. The predicted molar refractivity (Wildman–Crippen MR) is 157 cm³/mol. The summed E-state index contributed by atoms with van der Waals surface area (Å²) in [5.74, 6) is -1.42. The van der Waals surface area contributed by atoms with Gasteiger partial charge >= 0.3 is 6.03 Å². The number of carbonyl (C=O) groups is 3. The van der Waals surface area contributed by atoms with Gasteiger partial charge in [-0.05, 0) is 93.4 Å². The zero-order valence-corrected chi connectivity index (χ0v) is 23.6. The number of anilines is 1. The number of hydrogen-bond acceptors (Lipinski definition) is 6. The van der Waals surface area contributed by atoms with Crippen molar-refractivity contribution in [3.8, 4) is 5.69 Å². The van der Waals surface area contributed by atoms with Crippen molar-refractivity contribution in [2.45, 2.75) is 37.5 Å². The van der Waals surface area contributed by atoms with Crippen molar-refractivity contribution >= 4 is 47.1 Å². The minimum absolute atomic E-state index is 0.0472. The Labute approximate surface area is 240 Å². The number of barbiturate groups is 1. The second kappa shape index (κ2) is 10.9. The smallest absolute Gasteiger partial charge is 0.318 e. The summed E-state index contributed by atoms with van der Waals surface area (Å²) >= 11 is 1.49. The summed E-state index contributed by atoms with van der Waals surface area (Å²) in [6.07, 6.45) is 1.53. The lowest BCUT2D eigenvalue weighted by Crippen LogP contribution is -2.54. The number of nitro benzene ring substituents is 1. The summed E-state index contributed by atoms with van der Waals surface area (Å²) in [6.45, 7) is 7.57. The molecule has 0 saturated carbocycles. The third-order valence-corrected chi connectivity index (χ3v) is 7.86. The van der Waals surface area contributed by atoms with E-state index < -0.39 is 22.8 Å². The summed E-state index contributed by atoms with van der Waals surface area (Å²) in [5, 5.41) is 13.2. The second-order valence-electron chi connectivity index (χ2n) is 9.76. The van der Waals surface area contributed by atoms with Gasteiger partial charge in [-0.3, -0.25) is 25.0 Å². The second-order valence-corrected chi connectivity index (χ2v) is 10.9. The maximum absolute atomic E-state index is 13.4. The first-order valence-electron chi connectivity index (χ1n) is 12.7. The number of non-ortho nitro benzene ring substituents is 1. The largest absolute Gasteiger partial charge is 0.335 e. The van der Waals surface area contributed by atoms with E-state index >= 15 is 0 Å². The molecule has 0 unspecified atom stereocenters. The zero-order chi connectivity index (χ0) is 29.4. The van der Waals surface area contributed by atoms with E-state index in [2.05, 4.69) is 5.32 Å². The highest BCUT2D eigenvalue weighted by molar-refractivity contribution is 7.99. The van der Waals surface area contributed by atoms with Crippen LogP contribution < -0.4 is 10.2 Å². The van der Waals surface area contributed by atoms with Crippen LogP contribution in [0.3, 0.4) is 0 Å². The molecule has 10 heteroatoms. The summed E-state index contributed by atoms with van der Waals surface area (Å²) in [6, 6.07) is 20.7. The van der Waals surface area contributed by atoms with Gasteiger partial charge in [-0.15, -0.1) is 0 Å². The Balaban J connectivity index is 1.42. The maximum atomic E-state index is 13.4. The van der Waals surface area contributed by atoms with E-state index in [1.807, 2.05) is 74.7 Å². The molecule has 4 amide bonds. The van der Waals surface area contributed by atoms with Crippen LogP contribution >= 0.6 is 11.8 Å². The molecule has 0 aliphatic carbocycles. The number of hydrogen-bond donors (Lipinski definition) is 1. The van der Waals surface area contributed by atoms with Crippen LogP contribution in [-0.4, -0.2) is 27.3 Å². The first-order chi connectivity index (χ1) is 19.5. The quantitative estimate of drug-likeness (QED) is 0.124. The van der Waals surface area contributed by atoms with Gasteiger partial charge in [0.2, 0.25) is 0 Å². The van der Waals surface area contributed by atoms with Crippen molar-refractivity contribution in [2.75, 3.05) is 4.90 Å². The molecule has 0 bridgehead atoms. The van der Waals surface area contributed by atoms with E-state index in [9.17, 15) is 24.5 Å². The van der Waals surface area contributed by atoms with E-state index in [1.54, 1.807) is 18.2 Å². The summed E-state index contributed by atoms with van der Waals surface area (Å²) < 4.78 is 2.02. The molecule has 1 saturated heterocycles. The van der Waals surface area contributed by atoms with Gasteiger partial charge in [0, 0.05) is 39.0 Å². The zero-order valence-electron chi connectivity index (χ0n) is 22.8. The van der Waals surface area contributed by atoms with E-state index in [0.717, 1.165) is 42.9 Å². The first kappa shape index (κ1) is 27.6. The Morgan fingerprint density at radius 3 is 2.10 bits per heavy atom.